The number of nitrogens with one attached hydrogen (secondary N) is 2. The largest absolute Gasteiger partial charge is 0.444 e. The molecule has 12 heteroatoms. The van der Waals surface area contributed by atoms with E-state index in [9.17, 15) is 23.2 Å². The predicted molar refractivity (Wildman–Crippen MR) is 138 cm³/mol. The number of rotatable bonds is 6. The van der Waals surface area contributed by atoms with Crippen molar-refractivity contribution in [1.82, 2.24) is 20.2 Å². The molecule has 1 aliphatic heterocycles. The maximum absolute atomic E-state index is 14.1. The van der Waals surface area contributed by atoms with E-state index in [4.69, 9.17) is 4.74 Å². The highest BCUT2D eigenvalue weighted by Gasteiger charge is 2.30. The standard InChI is InChI=1S/C26H27F2N5O4S/c1-26(2,3)37-25(36)33-10-8-15(13-33)11-30-22(34)16-7-9-29-12-19(16)31-23(35)20-14-38-24(32-20)21-17(27)5-4-6-18(21)28/h4-7,9,12,14-15H,8,10-11,13H2,1-3H3,(H,30,34)(H,31,35). The number of nitrogens with zero attached hydrogens (tertiary/aromatic N) is 3. The molecule has 0 aliphatic carbocycles. The molecular formula is C26H27F2N5O4S. The minimum atomic E-state index is -0.783. The number of thiazole rings is 1. The number of ether oxygens (including phenoxy) is 1. The third-order valence-electron chi connectivity index (χ3n) is 5.72. The monoisotopic (exact) mass is 543 g/mol. The highest BCUT2D eigenvalue weighted by molar-refractivity contribution is 7.13. The number of likely N-dealkylation sites (tertiary alicyclic amines) is 1. The molecule has 4 rings (SSSR count). The normalized spacial score (nSPS) is 15.3. The Bertz CT molecular complexity index is 1340. The van der Waals surface area contributed by atoms with E-state index in [2.05, 4.69) is 20.6 Å². The topological polar surface area (TPSA) is 114 Å². The third kappa shape index (κ3) is 6.49. The lowest BCUT2D eigenvalue weighted by atomic mass is 10.1. The average Bonchev–Trinajstić information content (AvgIpc) is 3.52. The van der Waals surface area contributed by atoms with Crippen LogP contribution in [0, 0.1) is 17.6 Å². The summed E-state index contributed by atoms with van der Waals surface area (Å²) in [5, 5.41) is 6.84. The zero-order valence-corrected chi connectivity index (χ0v) is 21.9. The van der Waals surface area contributed by atoms with Crippen molar-refractivity contribution in [2.75, 3.05) is 25.0 Å². The first-order valence-corrected chi connectivity index (χ1v) is 12.8. The number of benzene rings is 1. The van der Waals surface area contributed by atoms with Crippen LogP contribution in [0.3, 0.4) is 0 Å². The van der Waals surface area contributed by atoms with Gasteiger partial charge in [0.25, 0.3) is 11.8 Å². The summed E-state index contributed by atoms with van der Waals surface area (Å²) < 4.78 is 33.6. The van der Waals surface area contributed by atoms with Gasteiger partial charge in [-0.25, -0.2) is 18.6 Å². The van der Waals surface area contributed by atoms with Crippen molar-refractivity contribution >= 4 is 34.9 Å². The molecule has 1 fully saturated rings. The average molecular weight is 544 g/mol. The molecule has 3 aromatic rings. The zero-order valence-electron chi connectivity index (χ0n) is 21.1. The molecule has 1 atom stereocenters. The van der Waals surface area contributed by atoms with Crippen molar-refractivity contribution in [2.24, 2.45) is 5.92 Å². The van der Waals surface area contributed by atoms with Gasteiger partial charge < -0.3 is 20.3 Å². The van der Waals surface area contributed by atoms with E-state index in [1.54, 1.807) is 25.7 Å². The zero-order chi connectivity index (χ0) is 27.4. The number of amides is 3. The number of pyridine rings is 1. The van der Waals surface area contributed by atoms with Gasteiger partial charge in [0.15, 0.2) is 0 Å². The van der Waals surface area contributed by atoms with Crippen LogP contribution in [0.2, 0.25) is 0 Å². The quantitative estimate of drug-likeness (QED) is 0.465. The predicted octanol–water partition coefficient (Wildman–Crippen LogP) is 4.72. The molecule has 0 bridgehead atoms. The second kappa shape index (κ2) is 11.2. The lowest BCUT2D eigenvalue weighted by Crippen LogP contribution is -2.36. The maximum Gasteiger partial charge on any atom is 0.410 e. The Morgan fingerprint density at radius 2 is 1.89 bits per heavy atom. The minimum Gasteiger partial charge on any atom is -0.444 e. The molecule has 0 saturated carbocycles. The van der Waals surface area contributed by atoms with Crippen LogP contribution in [0.25, 0.3) is 10.6 Å². The first-order chi connectivity index (χ1) is 18.0. The third-order valence-corrected chi connectivity index (χ3v) is 6.58. The van der Waals surface area contributed by atoms with Crippen molar-refractivity contribution in [3.63, 3.8) is 0 Å². The van der Waals surface area contributed by atoms with Gasteiger partial charge in [-0.15, -0.1) is 11.3 Å². The molecule has 2 aromatic heterocycles. The molecule has 2 N–H and O–H groups in total. The van der Waals surface area contributed by atoms with Crippen molar-refractivity contribution in [1.29, 1.82) is 0 Å². The number of carbonyl (C=O) groups is 3. The summed E-state index contributed by atoms with van der Waals surface area (Å²) in [5.41, 5.74) is -0.611. The van der Waals surface area contributed by atoms with E-state index in [1.165, 1.54) is 29.9 Å². The van der Waals surface area contributed by atoms with Gasteiger partial charge in [0.2, 0.25) is 0 Å². The second-order valence-corrected chi connectivity index (χ2v) is 10.7. The number of aromatic nitrogens is 2. The van der Waals surface area contributed by atoms with E-state index in [-0.39, 0.29) is 39.5 Å². The van der Waals surface area contributed by atoms with Gasteiger partial charge in [0, 0.05) is 31.2 Å². The molecule has 38 heavy (non-hydrogen) atoms. The molecule has 3 heterocycles. The number of hydrogen-bond acceptors (Lipinski definition) is 7. The molecule has 1 saturated heterocycles. The SMILES string of the molecule is CC(C)(C)OC(=O)N1CCC(CNC(=O)c2ccncc2NC(=O)c2csc(-c3c(F)cccc3F)n2)C1. The lowest BCUT2D eigenvalue weighted by Gasteiger charge is -2.24. The highest BCUT2D eigenvalue weighted by Crippen LogP contribution is 2.29. The molecule has 1 aromatic carbocycles. The highest BCUT2D eigenvalue weighted by atomic mass is 32.1. The molecule has 200 valence electrons. The van der Waals surface area contributed by atoms with Crippen LogP contribution in [-0.2, 0) is 4.74 Å². The van der Waals surface area contributed by atoms with Crippen LogP contribution in [0.15, 0.2) is 42.0 Å². The van der Waals surface area contributed by atoms with E-state index >= 15 is 0 Å². The summed E-state index contributed by atoms with van der Waals surface area (Å²) in [6.45, 7) is 6.75. The second-order valence-electron chi connectivity index (χ2n) is 9.80. The Morgan fingerprint density at radius 3 is 2.61 bits per heavy atom. The van der Waals surface area contributed by atoms with Gasteiger partial charge in [0.05, 0.1) is 23.0 Å². The lowest BCUT2D eigenvalue weighted by molar-refractivity contribution is 0.0288. The molecule has 3 amide bonds. The first-order valence-electron chi connectivity index (χ1n) is 11.9. The Hall–Kier alpha value is -3.93. The molecular weight excluding hydrogens is 516 g/mol. The van der Waals surface area contributed by atoms with Crippen molar-refractivity contribution in [2.45, 2.75) is 32.8 Å². The fourth-order valence-electron chi connectivity index (χ4n) is 3.90. The van der Waals surface area contributed by atoms with Crippen LogP contribution in [0.4, 0.5) is 19.3 Å². The van der Waals surface area contributed by atoms with Gasteiger partial charge in [-0.1, -0.05) is 6.07 Å². The number of hydrogen-bond donors (Lipinski definition) is 2. The molecule has 0 spiro atoms. The van der Waals surface area contributed by atoms with Crippen LogP contribution in [-0.4, -0.2) is 58.0 Å². The van der Waals surface area contributed by atoms with Crippen molar-refractivity contribution in [3.05, 3.63) is 64.9 Å². The summed E-state index contributed by atoms with van der Waals surface area (Å²) in [7, 11) is 0. The molecule has 1 unspecified atom stereocenters. The van der Waals surface area contributed by atoms with Crippen LogP contribution in [0.1, 0.15) is 48.0 Å². The fourth-order valence-corrected chi connectivity index (χ4v) is 4.74. The molecule has 1 aliphatic rings. The Morgan fingerprint density at radius 1 is 1.16 bits per heavy atom. The van der Waals surface area contributed by atoms with Crippen LogP contribution in [0.5, 0.6) is 0 Å². The molecule has 0 radical (unpaired) electrons. The van der Waals surface area contributed by atoms with Gasteiger partial charge in [-0.05, 0) is 51.3 Å². The van der Waals surface area contributed by atoms with Crippen molar-refractivity contribution < 1.29 is 27.9 Å². The van der Waals surface area contributed by atoms with E-state index in [1.807, 2.05) is 0 Å². The van der Waals surface area contributed by atoms with Crippen LogP contribution >= 0.6 is 11.3 Å². The molecule has 9 nitrogen and oxygen atoms in total. The summed E-state index contributed by atoms with van der Waals surface area (Å²) in [6, 6.07) is 4.93. The van der Waals surface area contributed by atoms with Gasteiger partial charge in [0.1, 0.15) is 27.9 Å². The number of halogens is 2. The Balaban J connectivity index is 1.37. The van der Waals surface area contributed by atoms with Gasteiger partial charge >= 0.3 is 6.09 Å². The minimum absolute atomic E-state index is 0.0203. The summed E-state index contributed by atoms with van der Waals surface area (Å²) >= 11 is 0.924. The summed E-state index contributed by atoms with van der Waals surface area (Å²) in [5.74, 6) is -2.59. The van der Waals surface area contributed by atoms with Gasteiger partial charge in [-0.2, -0.15) is 0 Å². The summed E-state index contributed by atoms with van der Waals surface area (Å²) in [4.78, 5) is 47.7. The van der Waals surface area contributed by atoms with Crippen molar-refractivity contribution in [3.8, 4) is 10.6 Å². The smallest absolute Gasteiger partial charge is 0.410 e. The van der Waals surface area contributed by atoms with E-state index < -0.39 is 29.0 Å². The fraction of sp³-hybridized carbons (Fsp3) is 0.346. The Labute approximate surface area is 222 Å². The maximum atomic E-state index is 14.1. The van der Waals surface area contributed by atoms with Gasteiger partial charge in [-0.3, -0.25) is 14.6 Å². The Kier molecular flexibility index (Phi) is 8.00. The van der Waals surface area contributed by atoms with E-state index in [0.29, 0.717) is 26.1 Å². The number of carbonyl (C=O) groups excluding carboxylic acids is 3. The first kappa shape index (κ1) is 27.1. The number of anilines is 1. The van der Waals surface area contributed by atoms with E-state index in [0.717, 1.165) is 23.5 Å². The summed E-state index contributed by atoms with van der Waals surface area (Å²) in [6.07, 6.45) is 3.09. The van der Waals surface area contributed by atoms with Crippen LogP contribution < -0.4 is 10.6 Å².